The zero-order valence-corrected chi connectivity index (χ0v) is 20.1. The molecule has 0 saturated carbocycles. The van der Waals surface area contributed by atoms with Crippen LogP contribution in [-0.2, 0) is 11.4 Å². The monoisotopic (exact) mass is 484 g/mol. The van der Waals surface area contributed by atoms with Crippen molar-refractivity contribution in [3.8, 4) is 11.5 Å². The molecule has 0 bridgehead atoms. The van der Waals surface area contributed by atoms with E-state index in [1.54, 1.807) is 24.1 Å². The number of hydrogen-bond donors (Lipinski definition) is 1. The Morgan fingerprint density at radius 1 is 1.03 bits per heavy atom. The van der Waals surface area contributed by atoms with Crippen LogP contribution >= 0.6 is 0 Å². The lowest BCUT2D eigenvalue weighted by molar-refractivity contribution is -0.121. The predicted molar refractivity (Wildman–Crippen MR) is 136 cm³/mol. The van der Waals surface area contributed by atoms with E-state index in [4.69, 9.17) is 9.47 Å². The van der Waals surface area contributed by atoms with Crippen LogP contribution in [0.2, 0.25) is 0 Å². The number of aromatic nitrogens is 2. The molecule has 2 aromatic carbocycles. The second-order valence-electron chi connectivity index (χ2n) is 8.77. The van der Waals surface area contributed by atoms with Crippen LogP contribution in [0, 0.1) is 5.92 Å². The number of fused-ring (bicyclic) bond motifs is 1. The van der Waals surface area contributed by atoms with E-state index >= 15 is 0 Å². The van der Waals surface area contributed by atoms with Crippen molar-refractivity contribution >= 4 is 23.1 Å². The summed E-state index contributed by atoms with van der Waals surface area (Å²) in [5.74, 6) is 0.982. The number of piperidine rings is 1. The summed E-state index contributed by atoms with van der Waals surface area (Å²) in [5.41, 5.74) is 2.90. The third-order valence-corrected chi connectivity index (χ3v) is 6.40. The lowest BCUT2D eigenvalue weighted by Gasteiger charge is -2.31. The fourth-order valence-electron chi connectivity index (χ4n) is 4.44. The molecule has 1 saturated heterocycles. The van der Waals surface area contributed by atoms with Gasteiger partial charge in [0, 0.05) is 37.0 Å². The molecule has 184 valence electrons. The fraction of sp³-hybridized carbons (Fsp3) is 0.250. The molecule has 1 N–H and O–H groups in total. The number of rotatable bonds is 7. The maximum Gasteiger partial charge on any atom is 0.253 e. The summed E-state index contributed by atoms with van der Waals surface area (Å²) in [6.07, 6.45) is 5.09. The second-order valence-corrected chi connectivity index (χ2v) is 8.77. The molecular formula is C28H28N4O4. The standard InChI is InChI=1S/C28H28N4O4/c1-35-25-10-3-2-9-24(25)30-27(33)20-12-15-31(16-13-20)28(34)21-7-6-8-23(17-21)36-19-22-18-32-14-5-4-11-26(32)29-22/h2-11,14,17-18,20H,12-13,15-16,19H2,1H3,(H,30,33). The third kappa shape index (κ3) is 5.17. The van der Waals surface area contributed by atoms with Gasteiger partial charge in [0.05, 0.1) is 18.5 Å². The van der Waals surface area contributed by atoms with Gasteiger partial charge < -0.3 is 24.1 Å². The van der Waals surface area contributed by atoms with Crippen LogP contribution in [0.4, 0.5) is 5.69 Å². The number of imidazole rings is 1. The molecule has 4 aromatic rings. The minimum atomic E-state index is -0.154. The highest BCUT2D eigenvalue weighted by Crippen LogP contribution is 2.26. The van der Waals surface area contributed by atoms with Crippen molar-refractivity contribution in [3.05, 3.63) is 90.4 Å². The average molecular weight is 485 g/mol. The number of likely N-dealkylation sites (tertiary alicyclic amines) is 1. The Bertz CT molecular complexity index is 1340. The first kappa shape index (κ1) is 23.4. The van der Waals surface area contributed by atoms with Gasteiger partial charge in [0.15, 0.2) is 0 Å². The number of nitrogens with zero attached hydrogens (tertiary/aromatic N) is 3. The van der Waals surface area contributed by atoms with E-state index in [-0.39, 0.29) is 17.7 Å². The summed E-state index contributed by atoms with van der Waals surface area (Å²) in [5, 5.41) is 2.96. The molecule has 0 radical (unpaired) electrons. The molecule has 0 unspecified atom stereocenters. The van der Waals surface area contributed by atoms with Crippen molar-refractivity contribution in [2.75, 3.05) is 25.5 Å². The van der Waals surface area contributed by atoms with Crippen LogP contribution in [0.1, 0.15) is 28.9 Å². The Labute approximate surface area is 209 Å². The van der Waals surface area contributed by atoms with E-state index < -0.39 is 0 Å². The molecular weight excluding hydrogens is 456 g/mol. The van der Waals surface area contributed by atoms with Gasteiger partial charge in [-0.1, -0.05) is 24.3 Å². The minimum Gasteiger partial charge on any atom is -0.495 e. The molecule has 0 aliphatic carbocycles. The number of methoxy groups -OCH3 is 1. The topological polar surface area (TPSA) is 85.2 Å². The van der Waals surface area contributed by atoms with E-state index in [9.17, 15) is 9.59 Å². The zero-order chi connectivity index (χ0) is 24.9. The Kier molecular flexibility index (Phi) is 6.84. The quantitative estimate of drug-likeness (QED) is 0.420. The molecule has 1 aliphatic rings. The van der Waals surface area contributed by atoms with Gasteiger partial charge in [-0.15, -0.1) is 0 Å². The van der Waals surface area contributed by atoms with Gasteiger partial charge in [0.25, 0.3) is 5.91 Å². The summed E-state index contributed by atoms with van der Waals surface area (Å²) in [6.45, 7) is 1.36. The molecule has 0 spiro atoms. The van der Waals surface area contributed by atoms with Crippen molar-refractivity contribution < 1.29 is 19.1 Å². The van der Waals surface area contributed by atoms with Crippen LogP contribution in [-0.4, -0.2) is 46.3 Å². The Morgan fingerprint density at radius 3 is 2.64 bits per heavy atom. The van der Waals surface area contributed by atoms with Crippen molar-refractivity contribution in [2.45, 2.75) is 19.4 Å². The van der Waals surface area contributed by atoms with Crippen LogP contribution in [0.5, 0.6) is 11.5 Å². The third-order valence-electron chi connectivity index (χ3n) is 6.40. The van der Waals surface area contributed by atoms with Crippen LogP contribution in [0.3, 0.4) is 0 Å². The number of anilines is 1. The van der Waals surface area contributed by atoms with Crippen molar-refractivity contribution in [2.24, 2.45) is 5.92 Å². The van der Waals surface area contributed by atoms with E-state index in [2.05, 4.69) is 10.3 Å². The van der Waals surface area contributed by atoms with E-state index in [0.29, 0.717) is 55.3 Å². The smallest absolute Gasteiger partial charge is 0.253 e. The largest absolute Gasteiger partial charge is 0.495 e. The highest BCUT2D eigenvalue weighted by atomic mass is 16.5. The lowest BCUT2D eigenvalue weighted by Crippen LogP contribution is -2.41. The minimum absolute atomic E-state index is 0.0473. The fourth-order valence-corrected chi connectivity index (χ4v) is 4.44. The molecule has 5 rings (SSSR count). The van der Waals surface area contributed by atoms with E-state index in [0.717, 1.165) is 11.3 Å². The highest BCUT2D eigenvalue weighted by molar-refractivity contribution is 5.96. The van der Waals surface area contributed by atoms with E-state index in [1.165, 1.54) is 0 Å². The molecule has 2 aromatic heterocycles. The predicted octanol–water partition coefficient (Wildman–Crippen LogP) is 4.41. The Hall–Kier alpha value is -4.33. The van der Waals surface area contributed by atoms with Gasteiger partial charge in [-0.2, -0.15) is 0 Å². The molecule has 1 fully saturated rings. The number of amides is 2. The lowest BCUT2D eigenvalue weighted by atomic mass is 9.95. The number of hydrogen-bond acceptors (Lipinski definition) is 5. The van der Waals surface area contributed by atoms with Gasteiger partial charge in [0.2, 0.25) is 5.91 Å². The zero-order valence-electron chi connectivity index (χ0n) is 20.1. The first-order chi connectivity index (χ1) is 17.6. The van der Waals surface area contributed by atoms with Gasteiger partial charge in [-0.25, -0.2) is 4.98 Å². The molecule has 8 nitrogen and oxygen atoms in total. The molecule has 3 heterocycles. The molecule has 36 heavy (non-hydrogen) atoms. The number of pyridine rings is 1. The van der Waals surface area contributed by atoms with Crippen molar-refractivity contribution in [1.82, 2.24) is 14.3 Å². The molecule has 2 amide bonds. The van der Waals surface area contributed by atoms with Crippen LogP contribution in [0.25, 0.3) is 5.65 Å². The normalized spacial score (nSPS) is 14.0. The molecule has 8 heteroatoms. The first-order valence-electron chi connectivity index (χ1n) is 12.0. The summed E-state index contributed by atoms with van der Waals surface area (Å²) in [7, 11) is 1.58. The number of ether oxygens (including phenoxy) is 2. The Morgan fingerprint density at radius 2 is 1.83 bits per heavy atom. The van der Waals surface area contributed by atoms with Crippen LogP contribution in [0.15, 0.2) is 79.1 Å². The van der Waals surface area contributed by atoms with Crippen molar-refractivity contribution in [1.29, 1.82) is 0 Å². The van der Waals surface area contributed by atoms with Crippen molar-refractivity contribution in [3.63, 3.8) is 0 Å². The average Bonchev–Trinajstić information content (AvgIpc) is 3.35. The van der Waals surface area contributed by atoms with Crippen LogP contribution < -0.4 is 14.8 Å². The number of carbonyl (C=O) groups excluding carboxylic acids is 2. The van der Waals surface area contributed by atoms with Gasteiger partial charge in [-0.05, 0) is 55.3 Å². The maximum atomic E-state index is 13.1. The number of para-hydroxylation sites is 2. The summed E-state index contributed by atoms with van der Waals surface area (Å²) < 4.78 is 13.2. The maximum absolute atomic E-state index is 13.1. The first-order valence-corrected chi connectivity index (χ1v) is 12.0. The van der Waals surface area contributed by atoms with E-state index in [1.807, 2.05) is 71.4 Å². The Balaban J connectivity index is 1.16. The summed E-state index contributed by atoms with van der Waals surface area (Å²) >= 11 is 0. The summed E-state index contributed by atoms with van der Waals surface area (Å²) in [6, 6.07) is 20.4. The van der Waals surface area contributed by atoms with Gasteiger partial charge in [-0.3, -0.25) is 9.59 Å². The highest BCUT2D eigenvalue weighted by Gasteiger charge is 2.28. The summed E-state index contributed by atoms with van der Waals surface area (Å²) in [4.78, 5) is 32.3. The number of carbonyl (C=O) groups is 2. The van der Waals surface area contributed by atoms with Gasteiger partial charge in [0.1, 0.15) is 23.8 Å². The second kappa shape index (κ2) is 10.5. The SMILES string of the molecule is COc1ccccc1NC(=O)C1CCN(C(=O)c2cccc(OCc3cn4ccccc4n3)c2)CC1. The number of benzene rings is 2. The van der Waals surface area contributed by atoms with Gasteiger partial charge >= 0.3 is 0 Å². The molecule has 0 atom stereocenters. The number of nitrogens with one attached hydrogen (secondary N) is 1. The molecule has 1 aliphatic heterocycles.